The Kier molecular flexibility index (Phi) is 5.96. The number of anilines is 2. The summed E-state index contributed by atoms with van der Waals surface area (Å²) in [7, 11) is 2.06. The van der Waals surface area contributed by atoms with Gasteiger partial charge in [0.25, 0.3) is 0 Å². The molecule has 2 rings (SSSR count). The summed E-state index contributed by atoms with van der Waals surface area (Å²) in [6.45, 7) is 11.5. The Balaban J connectivity index is 2.06. The van der Waals surface area contributed by atoms with E-state index in [9.17, 15) is 4.79 Å². The molecule has 0 unspecified atom stereocenters. The highest BCUT2D eigenvalue weighted by atomic mass is 79.9. The molecule has 0 bridgehead atoms. The van der Waals surface area contributed by atoms with Gasteiger partial charge >= 0.3 is 6.09 Å². The fourth-order valence-corrected chi connectivity index (χ4v) is 2.86. The molecule has 0 saturated carbocycles. The van der Waals surface area contributed by atoms with Gasteiger partial charge in [0.1, 0.15) is 5.60 Å². The maximum absolute atomic E-state index is 12.2. The Labute approximate surface area is 152 Å². The van der Waals surface area contributed by atoms with Crippen molar-refractivity contribution >= 4 is 33.5 Å². The summed E-state index contributed by atoms with van der Waals surface area (Å²) in [6.07, 6.45) is 1.58. The highest BCUT2D eigenvalue weighted by Gasteiger charge is 2.27. The number of rotatable bonds is 3. The normalized spacial score (nSPS) is 15.4. The highest BCUT2D eigenvalue weighted by molar-refractivity contribution is 9.10. The molecule has 0 aromatic carbocycles. The number of aromatic nitrogens is 1. The first kappa shape index (κ1) is 18.8. The fraction of sp³-hybridized carbons (Fsp3) is 0.647. The van der Waals surface area contributed by atoms with Crippen LogP contribution in [-0.4, -0.2) is 61.3 Å². The van der Waals surface area contributed by atoms with Gasteiger partial charge in [-0.1, -0.05) is 0 Å². The van der Waals surface area contributed by atoms with Crippen molar-refractivity contribution in [3.8, 4) is 0 Å². The molecule has 134 valence electrons. The third-order valence-electron chi connectivity index (χ3n) is 3.93. The Morgan fingerprint density at radius 3 is 2.50 bits per heavy atom. The first-order valence-electron chi connectivity index (χ1n) is 8.31. The van der Waals surface area contributed by atoms with Gasteiger partial charge in [-0.25, -0.2) is 9.78 Å². The maximum atomic E-state index is 12.2. The van der Waals surface area contributed by atoms with Crippen LogP contribution in [0.25, 0.3) is 0 Å². The van der Waals surface area contributed by atoms with E-state index in [2.05, 4.69) is 50.8 Å². The van der Waals surface area contributed by atoms with E-state index in [0.29, 0.717) is 13.1 Å². The zero-order valence-electron chi connectivity index (χ0n) is 15.2. The van der Waals surface area contributed by atoms with Gasteiger partial charge in [0.2, 0.25) is 0 Å². The zero-order valence-corrected chi connectivity index (χ0v) is 16.8. The van der Waals surface area contributed by atoms with Crippen LogP contribution < -0.4 is 9.80 Å². The Morgan fingerprint density at radius 2 is 1.96 bits per heavy atom. The molecule has 1 aromatic rings. The van der Waals surface area contributed by atoms with E-state index >= 15 is 0 Å². The molecule has 6 nitrogen and oxygen atoms in total. The van der Waals surface area contributed by atoms with Crippen molar-refractivity contribution < 1.29 is 9.53 Å². The molecule has 0 N–H and O–H groups in total. The Morgan fingerprint density at radius 1 is 1.33 bits per heavy atom. The summed E-state index contributed by atoms with van der Waals surface area (Å²) >= 11 is 3.50. The minimum Gasteiger partial charge on any atom is -0.444 e. The number of halogens is 1. The fourth-order valence-electron chi connectivity index (χ4n) is 2.54. The van der Waals surface area contributed by atoms with Crippen molar-refractivity contribution in [1.82, 2.24) is 9.88 Å². The molecule has 1 aliphatic rings. The molecule has 24 heavy (non-hydrogen) atoms. The molecule has 0 aliphatic carbocycles. The zero-order chi connectivity index (χ0) is 17.9. The lowest BCUT2D eigenvalue weighted by atomic mass is 10.2. The Bertz CT molecular complexity index is 580. The molecule has 0 radical (unpaired) electrons. The number of nitrogens with zero attached hydrogens (tertiary/aromatic N) is 4. The van der Waals surface area contributed by atoms with E-state index < -0.39 is 5.60 Å². The molecule has 1 amide bonds. The number of hydrogen-bond acceptors (Lipinski definition) is 5. The minimum absolute atomic E-state index is 0.239. The average molecular weight is 399 g/mol. The molecule has 1 aliphatic heterocycles. The van der Waals surface area contributed by atoms with E-state index in [0.717, 1.165) is 35.6 Å². The summed E-state index contributed by atoms with van der Waals surface area (Å²) < 4.78 is 6.42. The molecule has 0 atom stereocenters. The highest BCUT2D eigenvalue weighted by Crippen LogP contribution is 2.30. The van der Waals surface area contributed by atoms with Gasteiger partial charge in [-0.2, -0.15) is 0 Å². The molecule has 1 saturated heterocycles. The lowest BCUT2D eigenvalue weighted by Crippen LogP contribution is -2.50. The number of carbonyl (C=O) groups is 1. The van der Waals surface area contributed by atoms with Crippen molar-refractivity contribution in [2.45, 2.75) is 33.3 Å². The van der Waals surface area contributed by atoms with E-state index in [-0.39, 0.29) is 6.09 Å². The quantitative estimate of drug-likeness (QED) is 0.780. The van der Waals surface area contributed by atoms with Gasteiger partial charge in [-0.3, -0.25) is 0 Å². The molecule has 0 spiro atoms. The average Bonchev–Trinajstić information content (AvgIpc) is 2.52. The van der Waals surface area contributed by atoms with E-state index in [1.54, 1.807) is 4.90 Å². The van der Waals surface area contributed by atoms with Gasteiger partial charge in [0.05, 0.1) is 5.69 Å². The van der Waals surface area contributed by atoms with Crippen LogP contribution in [0, 0.1) is 0 Å². The number of pyridine rings is 1. The SMILES string of the molecule is CCN(C)c1cc(Br)cnc1N1CCN(C(=O)OC(C)(C)C)CC1. The van der Waals surface area contributed by atoms with Crippen LogP contribution >= 0.6 is 15.9 Å². The lowest BCUT2D eigenvalue weighted by molar-refractivity contribution is 0.0240. The first-order valence-corrected chi connectivity index (χ1v) is 9.10. The number of piperazine rings is 1. The van der Waals surface area contributed by atoms with Gasteiger partial charge in [-0.05, 0) is 49.7 Å². The smallest absolute Gasteiger partial charge is 0.410 e. The first-order chi connectivity index (χ1) is 11.2. The van der Waals surface area contributed by atoms with Crippen LogP contribution in [0.4, 0.5) is 16.3 Å². The van der Waals surface area contributed by atoms with E-state index in [4.69, 9.17) is 4.74 Å². The van der Waals surface area contributed by atoms with Crippen LogP contribution in [-0.2, 0) is 4.74 Å². The maximum Gasteiger partial charge on any atom is 0.410 e. The van der Waals surface area contributed by atoms with Gasteiger partial charge in [0.15, 0.2) is 5.82 Å². The number of amides is 1. The second kappa shape index (κ2) is 7.59. The van der Waals surface area contributed by atoms with Crippen molar-refractivity contribution in [1.29, 1.82) is 0 Å². The predicted molar refractivity (Wildman–Crippen MR) is 101 cm³/mol. The summed E-state index contributed by atoms with van der Waals surface area (Å²) in [5.74, 6) is 0.964. The summed E-state index contributed by atoms with van der Waals surface area (Å²) in [4.78, 5) is 23.0. The number of ether oxygens (including phenoxy) is 1. The molecule has 7 heteroatoms. The number of carbonyl (C=O) groups excluding carboxylic acids is 1. The van der Waals surface area contributed by atoms with Gasteiger partial charge in [0, 0.05) is 50.4 Å². The third-order valence-corrected chi connectivity index (χ3v) is 4.36. The van der Waals surface area contributed by atoms with Crippen LogP contribution in [0.1, 0.15) is 27.7 Å². The minimum atomic E-state index is -0.460. The summed E-state index contributed by atoms with van der Waals surface area (Å²) in [6, 6.07) is 2.09. The van der Waals surface area contributed by atoms with Crippen LogP contribution in [0.2, 0.25) is 0 Å². The largest absolute Gasteiger partial charge is 0.444 e. The van der Waals surface area contributed by atoms with Crippen molar-refractivity contribution in [3.63, 3.8) is 0 Å². The number of hydrogen-bond donors (Lipinski definition) is 0. The van der Waals surface area contributed by atoms with Crippen LogP contribution in [0.3, 0.4) is 0 Å². The van der Waals surface area contributed by atoms with Crippen molar-refractivity contribution in [2.75, 3.05) is 49.6 Å². The van der Waals surface area contributed by atoms with Crippen LogP contribution in [0.5, 0.6) is 0 Å². The molecule has 2 heterocycles. The second-order valence-electron chi connectivity index (χ2n) is 6.96. The van der Waals surface area contributed by atoms with Crippen molar-refractivity contribution in [2.24, 2.45) is 0 Å². The monoisotopic (exact) mass is 398 g/mol. The molecular weight excluding hydrogens is 372 g/mol. The molecular formula is C17H27BrN4O2. The summed E-state index contributed by atoms with van der Waals surface area (Å²) in [5, 5.41) is 0. The van der Waals surface area contributed by atoms with Crippen LogP contribution in [0.15, 0.2) is 16.7 Å². The molecule has 1 fully saturated rings. The summed E-state index contributed by atoms with van der Waals surface area (Å²) in [5.41, 5.74) is 0.635. The van der Waals surface area contributed by atoms with Gasteiger partial charge < -0.3 is 19.4 Å². The topological polar surface area (TPSA) is 48.9 Å². The van der Waals surface area contributed by atoms with E-state index in [1.165, 1.54) is 0 Å². The predicted octanol–water partition coefficient (Wildman–Crippen LogP) is 3.36. The second-order valence-corrected chi connectivity index (χ2v) is 7.88. The lowest BCUT2D eigenvalue weighted by Gasteiger charge is -2.37. The molecule has 1 aromatic heterocycles. The van der Waals surface area contributed by atoms with Crippen molar-refractivity contribution in [3.05, 3.63) is 16.7 Å². The Hall–Kier alpha value is -1.50. The third kappa shape index (κ3) is 4.75. The van der Waals surface area contributed by atoms with Gasteiger partial charge in [-0.15, -0.1) is 0 Å². The standard InChI is InChI=1S/C17H27BrN4O2/c1-6-20(5)14-11-13(18)12-19-15(14)21-7-9-22(10-8-21)16(23)24-17(2,3)4/h11-12H,6-10H2,1-5H3. The van der Waals surface area contributed by atoms with E-state index in [1.807, 2.05) is 27.0 Å².